The van der Waals surface area contributed by atoms with Gasteiger partial charge in [-0.2, -0.15) is 0 Å². The maximum absolute atomic E-state index is 11.9. The second kappa shape index (κ2) is 5.19. The van der Waals surface area contributed by atoms with Crippen LogP contribution in [-0.2, 0) is 11.2 Å². The zero-order valence-electron chi connectivity index (χ0n) is 10.6. The Morgan fingerprint density at radius 1 is 1.47 bits per heavy atom. The minimum atomic E-state index is -0.644. The lowest BCUT2D eigenvalue weighted by atomic mass is 9.92. The van der Waals surface area contributed by atoms with Gasteiger partial charge in [-0.15, -0.1) is 0 Å². The smallest absolute Gasteiger partial charge is 0.231 e. The third kappa shape index (κ3) is 3.20. The molecule has 0 atom stereocenters. The molecule has 0 aliphatic carbocycles. The number of hydrogen-bond acceptors (Lipinski definition) is 3. The van der Waals surface area contributed by atoms with Gasteiger partial charge in [0.25, 0.3) is 0 Å². The van der Waals surface area contributed by atoms with E-state index in [1.165, 1.54) is 0 Å². The second-order valence-electron chi connectivity index (χ2n) is 4.75. The Balaban J connectivity index is 2.91. The fourth-order valence-corrected chi connectivity index (χ4v) is 1.29. The SMILES string of the molecule is CCc1ccc(O)c(NC(=O)C(C)(C)CN)c1. The summed E-state index contributed by atoms with van der Waals surface area (Å²) in [5.74, 6) is -0.119. The van der Waals surface area contributed by atoms with Crippen molar-refractivity contribution in [3.8, 4) is 5.75 Å². The van der Waals surface area contributed by atoms with Crippen LogP contribution in [0.2, 0.25) is 0 Å². The van der Waals surface area contributed by atoms with Gasteiger partial charge in [0.05, 0.1) is 11.1 Å². The van der Waals surface area contributed by atoms with E-state index in [0.29, 0.717) is 5.69 Å². The molecule has 1 aromatic carbocycles. The molecule has 0 aliphatic heterocycles. The van der Waals surface area contributed by atoms with Crippen LogP contribution < -0.4 is 11.1 Å². The number of anilines is 1. The molecule has 0 bridgehead atoms. The molecule has 0 aliphatic rings. The van der Waals surface area contributed by atoms with E-state index in [1.54, 1.807) is 26.0 Å². The van der Waals surface area contributed by atoms with Crippen molar-refractivity contribution in [1.82, 2.24) is 0 Å². The van der Waals surface area contributed by atoms with Crippen LogP contribution in [0.3, 0.4) is 0 Å². The van der Waals surface area contributed by atoms with Crippen molar-refractivity contribution >= 4 is 11.6 Å². The number of phenolic OH excluding ortho intramolecular Hbond substituents is 1. The number of hydrogen-bond donors (Lipinski definition) is 3. The Hall–Kier alpha value is -1.55. The number of nitrogens with one attached hydrogen (secondary N) is 1. The highest BCUT2D eigenvalue weighted by atomic mass is 16.3. The van der Waals surface area contributed by atoms with Crippen LogP contribution in [0.4, 0.5) is 5.69 Å². The van der Waals surface area contributed by atoms with E-state index in [9.17, 15) is 9.90 Å². The van der Waals surface area contributed by atoms with Crippen LogP contribution in [-0.4, -0.2) is 17.6 Å². The summed E-state index contributed by atoms with van der Waals surface area (Å²) in [6, 6.07) is 5.20. The topological polar surface area (TPSA) is 75.3 Å². The molecule has 1 amide bonds. The van der Waals surface area contributed by atoms with Crippen LogP contribution in [0.25, 0.3) is 0 Å². The minimum Gasteiger partial charge on any atom is -0.506 e. The molecular formula is C13H20N2O2. The average Bonchev–Trinajstić information content (AvgIpc) is 2.31. The summed E-state index contributed by atoms with van der Waals surface area (Å²) < 4.78 is 0. The number of amides is 1. The number of rotatable bonds is 4. The van der Waals surface area contributed by atoms with Crippen molar-refractivity contribution in [2.24, 2.45) is 11.1 Å². The molecule has 1 rings (SSSR count). The number of nitrogens with two attached hydrogens (primary N) is 1. The Morgan fingerprint density at radius 3 is 2.65 bits per heavy atom. The summed E-state index contributed by atoms with van der Waals surface area (Å²) in [4.78, 5) is 11.9. The normalized spacial score (nSPS) is 11.3. The van der Waals surface area contributed by atoms with Crippen LogP contribution in [0.5, 0.6) is 5.75 Å². The molecule has 0 fully saturated rings. The van der Waals surface area contributed by atoms with Crippen molar-refractivity contribution in [2.45, 2.75) is 27.2 Å². The van der Waals surface area contributed by atoms with E-state index in [1.807, 2.05) is 13.0 Å². The second-order valence-corrected chi connectivity index (χ2v) is 4.75. The molecule has 4 N–H and O–H groups in total. The molecule has 94 valence electrons. The molecule has 0 heterocycles. The number of carbonyl (C=O) groups is 1. The van der Waals surface area contributed by atoms with Crippen molar-refractivity contribution < 1.29 is 9.90 Å². The number of phenols is 1. The molecule has 0 spiro atoms. The predicted molar refractivity (Wildman–Crippen MR) is 68.9 cm³/mol. The predicted octanol–water partition coefficient (Wildman–Crippen LogP) is 1.88. The van der Waals surface area contributed by atoms with E-state index in [-0.39, 0.29) is 18.2 Å². The van der Waals surface area contributed by atoms with E-state index in [4.69, 9.17) is 5.73 Å². The highest BCUT2D eigenvalue weighted by Gasteiger charge is 2.26. The van der Waals surface area contributed by atoms with E-state index in [2.05, 4.69) is 5.32 Å². The average molecular weight is 236 g/mol. The largest absolute Gasteiger partial charge is 0.506 e. The molecule has 0 saturated heterocycles. The maximum Gasteiger partial charge on any atom is 0.231 e. The summed E-state index contributed by atoms with van der Waals surface area (Å²) in [5.41, 5.74) is 6.39. The van der Waals surface area contributed by atoms with Gasteiger partial charge in [0.1, 0.15) is 5.75 Å². The number of carbonyl (C=O) groups excluding carboxylic acids is 1. The molecule has 0 aromatic heterocycles. The van der Waals surface area contributed by atoms with Crippen LogP contribution >= 0.6 is 0 Å². The van der Waals surface area contributed by atoms with Gasteiger partial charge >= 0.3 is 0 Å². The summed E-state index contributed by atoms with van der Waals surface area (Å²) in [6.45, 7) is 5.81. The van der Waals surface area contributed by atoms with Gasteiger partial charge in [0.2, 0.25) is 5.91 Å². The van der Waals surface area contributed by atoms with Crippen molar-refractivity contribution in [3.63, 3.8) is 0 Å². The first-order chi connectivity index (χ1) is 7.90. The Bertz CT molecular complexity index is 414. The summed E-state index contributed by atoms with van der Waals surface area (Å²) in [6.07, 6.45) is 0.851. The molecule has 4 heteroatoms. The molecule has 1 aromatic rings. The van der Waals surface area contributed by atoms with Gasteiger partial charge in [-0.1, -0.05) is 13.0 Å². The summed E-state index contributed by atoms with van der Waals surface area (Å²) in [7, 11) is 0. The van der Waals surface area contributed by atoms with E-state index in [0.717, 1.165) is 12.0 Å². The highest BCUT2D eigenvalue weighted by Crippen LogP contribution is 2.26. The summed E-state index contributed by atoms with van der Waals surface area (Å²) >= 11 is 0. The molecule has 0 saturated carbocycles. The lowest BCUT2D eigenvalue weighted by Gasteiger charge is -2.21. The van der Waals surface area contributed by atoms with Gasteiger partial charge < -0.3 is 16.2 Å². The molecule has 4 nitrogen and oxygen atoms in total. The molecule has 0 unspecified atom stereocenters. The first-order valence-corrected chi connectivity index (χ1v) is 5.74. The van der Waals surface area contributed by atoms with Crippen molar-refractivity contribution in [1.29, 1.82) is 0 Å². The van der Waals surface area contributed by atoms with Gasteiger partial charge in [-0.05, 0) is 38.0 Å². The standard InChI is InChI=1S/C13H20N2O2/c1-4-9-5-6-11(16)10(7-9)15-12(17)13(2,3)8-14/h5-7,16H,4,8,14H2,1-3H3,(H,15,17). The lowest BCUT2D eigenvalue weighted by Crippen LogP contribution is -2.37. The highest BCUT2D eigenvalue weighted by molar-refractivity contribution is 5.96. The first-order valence-electron chi connectivity index (χ1n) is 5.74. The third-order valence-electron chi connectivity index (χ3n) is 2.84. The third-order valence-corrected chi connectivity index (χ3v) is 2.84. The Morgan fingerprint density at radius 2 is 2.12 bits per heavy atom. The van der Waals surface area contributed by atoms with Crippen LogP contribution in [0.1, 0.15) is 26.3 Å². The van der Waals surface area contributed by atoms with E-state index >= 15 is 0 Å². The summed E-state index contributed by atoms with van der Waals surface area (Å²) in [5, 5.41) is 12.4. The Kier molecular flexibility index (Phi) is 4.12. The zero-order chi connectivity index (χ0) is 13.1. The first kappa shape index (κ1) is 13.5. The minimum absolute atomic E-state index is 0.0726. The van der Waals surface area contributed by atoms with Gasteiger partial charge in [0, 0.05) is 6.54 Å². The molecular weight excluding hydrogens is 216 g/mol. The lowest BCUT2D eigenvalue weighted by molar-refractivity contribution is -0.123. The maximum atomic E-state index is 11.9. The van der Waals surface area contributed by atoms with Crippen molar-refractivity contribution in [2.75, 3.05) is 11.9 Å². The van der Waals surface area contributed by atoms with E-state index < -0.39 is 5.41 Å². The number of benzene rings is 1. The number of aromatic hydroxyl groups is 1. The molecule has 17 heavy (non-hydrogen) atoms. The van der Waals surface area contributed by atoms with Gasteiger partial charge in [-0.25, -0.2) is 0 Å². The fraction of sp³-hybridized carbons (Fsp3) is 0.462. The van der Waals surface area contributed by atoms with Crippen LogP contribution in [0, 0.1) is 5.41 Å². The zero-order valence-corrected chi connectivity index (χ0v) is 10.6. The van der Waals surface area contributed by atoms with Gasteiger partial charge in [0.15, 0.2) is 0 Å². The Labute approximate surface area is 102 Å². The van der Waals surface area contributed by atoms with Crippen molar-refractivity contribution in [3.05, 3.63) is 23.8 Å². The molecule has 0 radical (unpaired) electrons. The quantitative estimate of drug-likeness (QED) is 0.699. The van der Waals surface area contributed by atoms with Crippen LogP contribution in [0.15, 0.2) is 18.2 Å². The number of aryl methyl sites for hydroxylation is 1. The monoisotopic (exact) mass is 236 g/mol. The fourth-order valence-electron chi connectivity index (χ4n) is 1.29. The van der Waals surface area contributed by atoms with Gasteiger partial charge in [-0.3, -0.25) is 4.79 Å².